The summed E-state index contributed by atoms with van der Waals surface area (Å²) in [6.45, 7) is 4.61. The Morgan fingerprint density at radius 1 is 1.30 bits per heavy atom. The van der Waals surface area contributed by atoms with Gasteiger partial charge in [0.15, 0.2) is 6.29 Å². The van der Waals surface area contributed by atoms with Crippen molar-refractivity contribution in [2.24, 2.45) is 0 Å². The molecule has 0 aliphatic heterocycles. The van der Waals surface area contributed by atoms with Gasteiger partial charge in [0, 0.05) is 12.8 Å². The van der Waals surface area contributed by atoms with Gasteiger partial charge >= 0.3 is 6.16 Å². The number of likely N-dealkylation sites (N-methyl/N-ethyl adjacent to an activating group) is 1. The van der Waals surface area contributed by atoms with Crippen LogP contribution in [0.2, 0.25) is 0 Å². The van der Waals surface area contributed by atoms with Crippen LogP contribution in [0.4, 0.5) is 4.79 Å². The molecule has 1 unspecified atom stereocenters. The zero-order chi connectivity index (χ0) is 18.0. The van der Waals surface area contributed by atoms with Crippen molar-refractivity contribution < 1.29 is 34.1 Å². The molecule has 0 rings (SSSR count). The molecule has 0 aliphatic rings. The van der Waals surface area contributed by atoms with E-state index in [0.29, 0.717) is 5.75 Å². The second-order valence-electron chi connectivity index (χ2n) is 5.62. The lowest BCUT2D eigenvalue weighted by Crippen LogP contribution is -2.50. The summed E-state index contributed by atoms with van der Waals surface area (Å²) in [7, 11) is 1.49. The Morgan fingerprint density at radius 2 is 1.91 bits per heavy atom. The number of hydrogen-bond acceptors (Lipinski definition) is 9. The van der Waals surface area contributed by atoms with Crippen LogP contribution in [0.3, 0.4) is 0 Å². The Balaban J connectivity index is 4.64. The van der Waals surface area contributed by atoms with Crippen LogP contribution in [-0.2, 0) is 19.1 Å². The number of hydroxylamine groups is 2. The molecule has 136 valence electrons. The van der Waals surface area contributed by atoms with Crippen LogP contribution in [0.5, 0.6) is 0 Å². The summed E-state index contributed by atoms with van der Waals surface area (Å²) in [6.07, 6.45) is -2.60. The van der Waals surface area contributed by atoms with Crippen LogP contribution < -0.4 is 5.32 Å². The molecular formula is C13H26N2O7S. The lowest BCUT2D eigenvalue weighted by molar-refractivity contribution is -0.181. The first-order valence-electron chi connectivity index (χ1n) is 7.03. The third-order valence-electron chi connectivity index (χ3n) is 2.34. The minimum Gasteiger partial charge on any atom is -0.432 e. The summed E-state index contributed by atoms with van der Waals surface area (Å²) >= 11 is 3.99. The summed E-state index contributed by atoms with van der Waals surface area (Å²) in [5.41, 5.74) is -0.718. The molecule has 0 saturated heterocycles. The van der Waals surface area contributed by atoms with Crippen molar-refractivity contribution in [3.05, 3.63) is 0 Å². The quantitative estimate of drug-likeness (QED) is 0.190. The van der Waals surface area contributed by atoms with Gasteiger partial charge in [0.1, 0.15) is 18.2 Å². The first-order chi connectivity index (χ1) is 10.6. The molecule has 0 fully saturated rings. The van der Waals surface area contributed by atoms with Gasteiger partial charge in [-0.1, -0.05) is 0 Å². The number of hydrogen-bond donors (Lipinski definition) is 4. The predicted molar refractivity (Wildman–Crippen MR) is 84.8 cm³/mol. The summed E-state index contributed by atoms with van der Waals surface area (Å²) < 4.78 is 9.90. The van der Waals surface area contributed by atoms with Gasteiger partial charge in [-0.25, -0.2) is 4.79 Å². The number of ether oxygens (including phenoxy) is 2. The molecular weight excluding hydrogens is 328 g/mol. The van der Waals surface area contributed by atoms with E-state index < -0.39 is 30.0 Å². The van der Waals surface area contributed by atoms with E-state index in [-0.39, 0.29) is 19.8 Å². The lowest BCUT2D eigenvalue weighted by atomic mass is 10.2. The molecule has 10 heteroatoms. The van der Waals surface area contributed by atoms with Gasteiger partial charge in [-0.15, -0.1) is 0 Å². The zero-order valence-corrected chi connectivity index (χ0v) is 14.7. The maximum absolute atomic E-state index is 12.0. The molecule has 0 aliphatic carbocycles. The topological polar surface area (TPSA) is 118 Å². The monoisotopic (exact) mass is 354 g/mol. The van der Waals surface area contributed by atoms with E-state index in [4.69, 9.17) is 24.5 Å². The minimum atomic E-state index is -1.69. The molecule has 1 amide bonds. The van der Waals surface area contributed by atoms with E-state index >= 15 is 0 Å². The van der Waals surface area contributed by atoms with Gasteiger partial charge in [0.2, 0.25) is 5.91 Å². The largest absolute Gasteiger partial charge is 0.508 e. The minimum absolute atomic E-state index is 0.248. The Bertz CT molecular complexity index is 374. The maximum Gasteiger partial charge on any atom is 0.508 e. The Kier molecular flexibility index (Phi) is 10.2. The molecule has 0 aromatic carbocycles. The standard InChI is InChI=1S/C13H26N2O7S/c1-13(2,3)22-12(19)20-8-9(15(4)21-5-6-23)11(18)14-7-10(16)17/h9-10,16-17,23H,5-8H2,1-4H3,(H,14,18). The van der Waals surface area contributed by atoms with Gasteiger partial charge in [0.25, 0.3) is 0 Å². The van der Waals surface area contributed by atoms with Crippen molar-refractivity contribution in [2.75, 3.05) is 32.6 Å². The fraction of sp³-hybridized carbons (Fsp3) is 0.846. The van der Waals surface area contributed by atoms with E-state index in [2.05, 4.69) is 17.9 Å². The van der Waals surface area contributed by atoms with Crippen molar-refractivity contribution in [2.45, 2.75) is 38.7 Å². The predicted octanol–water partition coefficient (Wildman–Crippen LogP) is -0.473. The maximum atomic E-state index is 12.0. The SMILES string of the molecule is CN(OCCS)C(COC(=O)OC(C)(C)C)C(=O)NCC(O)O. The third-order valence-corrected chi connectivity index (χ3v) is 2.52. The highest BCUT2D eigenvalue weighted by Gasteiger charge is 2.27. The lowest BCUT2D eigenvalue weighted by Gasteiger charge is -2.26. The Hall–Kier alpha value is -1.07. The first kappa shape index (κ1) is 21.9. The number of carbonyl (C=O) groups excluding carboxylic acids is 2. The van der Waals surface area contributed by atoms with E-state index in [0.717, 1.165) is 0 Å². The fourth-order valence-corrected chi connectivity index (χ4v) is 1.44. The average Bonchev–Trinajstić information content (AvgIpc) is 2.40. The third kappa shape index (κ3) is 11.2. The highest BCUT2D eigenvalue weighted by Crippen LogP contribution is 2.09. The van der Waals surface area contributed by atoms with Crippen LogP contribution in [-0.4, -0.2) is 77.8 Å². The summed E-state index contributed by atoms with van der Waals surface area (Å²) in [4.78, 5) is 28.9. The van der Waals surface area contributed by atoms with Gasteiger partial charge in [-0.05, 0) is 20.8 Å². The van der Waals surface area contributed by atoms with Crippen molar-refractivity contribution in [3.8, 4) is 0 Å². The number of aliphatic hydroxyl groups is 2. The van der Waals surface area contributed by atoms with E-state index in [9.17, 15) is 9.59 Å². The van der Waals surface area contributed by atoms with Gasteiger partial charge in [0.05, 0.1) is 13.2 Å². The van der Waals surface area contributed by atoms with E-state index in [1.807, 2.05) is 0 Å². The molecule has 0 aromatic rings. The molecule has 0 heterocycles. The summed E-state index contributed by atoms with van der Waals surface area (Å²) in [5.74, 6) is -0.163. The number of rotatable bonds is 9. The Morgan fingerprint density at radius 3 is 2.39 bits per heavy atom. The van der Waals surface area contributed by atoms with Crippen LogP contribution in [0.1, 0.15) is 20.8 Å². The molecule has 0 saturated carbocycles. The molecule has 0 spiro atoms. The number of nitrogens with one attached hydrogen (secondary N) is 1. The highest BCUT2D eigenvalue weighted by molar-refractivity contribution is 7.80. The molecule has 0 aromatic heterocycles. The Labute approximate surface area is 141 Å². The van der Waals surface area contributed by atoms with Crippen LogP contribution in [0, 0.1) is 0 Å². The highest BCUT2D eigenvalue weighted by atomic mass is 32.1. The molecule has 9 nitrogen and oxygen atoms in total. The van der Waals surface area contributed by atoms with Crippen molar-refractivity contribution in [1.29, 1.82) is 0 Å². The second-order valence-corrected chi connectivity index (χ2v) is 6.07. The molecule has 3 N–H and O–H groups in total. The molecule has 23 heavy (non-hydrogen) atoms. The number of carbonyl (C=O) groups is 2. The van der Waals surface area contributed by atoms with Crippen molar-refractivity contribution >= 4 is 24.7 Å². The number of aliphatic hydroxyl groups excluding tert-OH is 1. The van der Waals surface area contributed by atoms with Crippen molar-refractivity contribution in [3.63, 3.8) is 0 Å². The van der Waals surface area contributed by atoms with Gasteiger partial charge < -0.3 is 25.0 Å². The summed E-state index contributed by atoms with van der Waals surface area (Å²) in [6, 6.07) is -0.985. The number of thiol groups is 1. The summed E-state index contributed by atoms with van der Waals surface area (Å²) in [5, 5.41) is 21.1. The number of amides is 1. The fourth-order valence-electron chi connectivity index (χ4n) is 1.36. The van der Waals surface area contributed by atoms with Crippen molar-refractivity contribution in [1.82, 2.24) is 10.4 Å². The second kappa shape index (κ2) is 10.7. The zero-order valence-electron chi connectivity index (χ0n) is 13.8. The molecule has 1 atom stereocenters. The smallest absolute Gasteiger partial charge is 0.432 e. The number of nitrogens with zero attached hydrogens (tertiary/aromatic N) is 1. The van der Waals surface area contributed by atoms with E-state index in [1.165, 1.54) is 12.1 Å². The van der Waals surface area contributed by atoms with E-state index in [1.54, 1.807) is 20.8 Å². The normalized spacial score (nSPS) is 13.1. The van der Waals surface area contributed by atoms with Gasteiger partial charge in [-0.3, -0.25) is 9.63 Å². The average molecular weight is 354 g/mol. The molecule has 0 bridgehead atoms. The van der Waals surface area contributed by atoms with Crippen LogP contribution in [0.25, 0.3) is 0 Å². The first-order valence-corrected chi connectivity index (χ1v) is 7.66. The van der Waals surface area contributed by atoms with Crippen LogP contribution >= 0.6 is 12.6 Å². The van der Waals surface area contributed by atoms with Gasteiger partial charge in [-0.2, -0.15) is 17.7 Å². The van der Waals surface area contributed by atoms with Crippen LogP contribution in [0.15, 0.2) is 0 Å². The molecule has 0 radical (unpaired) electrons.